The maximum atomic E-state index is 11.9. The second-order valence-corrected chi connectivity index (χ2v) is 7.98. The number of hydrogen-bond donors (Lipinski definition) is 2. The molecular formula is C16H27N3O4S. The standard InChI is InChI=1S/C16H27N3O4S/c1-5-24(21,22)19(4)12-8-11-17-16(20)18-14-9-6-7-10-15(14)23-13(2)3/h6-7,9-10,13H,5,8,11-12H2,1-4H3,(H2,17,18,20). The number of carbonyl (C=O) groups excluding carboxylic acids is 1. The second kappa shape index (κ2) is 9.48. The Bertz CT molecular complexity index is 632. The molecule has 7 nitrogen and oxygen atoms in total. The summed E-state index contributed by atoms with van der Waals surface area (Å²) in [7, 11) is -1.64. The second-order valence-electron chi connectivity index (χ2n) is 5.62. The number of amides is 2. The van der Waals surface area contributed by atoms with E-state index < -0.39 is 10.0 Å². The molecule has 0 aliphatic heterocycles. The Hall–Kier alpha value is -1.80. The van der Waals surface area contributed by atoms with Crippen molar-refractivity contribution in [3.63, 3.8) is 0 Å². The SMILES string of the molecule is CCS(=O)(=O)N(C)CCCNC(=O)Nc1ccccc1OC(C)C. The van der Waals surface area contributed by atoms with Gasteiger partial charge in [-0.2, -0.15) is 0 Å². The van der Waals surface area contributed by atoms with Gasteiger partial charge in [0.05, 0.1) is 17.5 Å². The minimum Gasteiger partial charge on any atom is -0.489 e. The lowest BCUT2D eigenvalue weighted by Gasteiger charge is -2.17. The van der Waals surface area contributed by atoms with Crippen molar-refractivity contribution in [1.82, 2.24) is 9.62 Å². The van der Waals surface area contributed by atoms with Crippen molar-refractivity contribution in [2.24, 2.45) is 0 Å². The first-order valence-electron chi connectivity index (χ1n) is 8.00. The van der Waals surface area contributed by atoms with Crippen LogP contribution in [0.5, 0.6) is 5.75 Å². The Morgan fingerprint density at radius 1 is 1.29 bits per heavy atom. The summed E-state index contributed by atoms with van der Waals surface area (Å²) in [6.07, 6.45) is 0.542. The van der Waals surface area contributed by atoms with Crippen molar-refractivity contribution >= 4 is 21.7 Å². The molecule has 0 spiro atoms. The minimum atomic E-state index is -3.18. The molecule has 24 heavy (non-hydrogen) atoms. The van der Waals surface area contributed by atoms with Crippen LogP contribution in [0, 0.1) is 0 Å². The third-order valence-corrected chi connectivity index (χ3v) is 5.13. The molecule has 0 bridgehead atoms. The van der Waals surface area contributed by atoms with Crippen LogP contribution in [0.4, 0.5) is 10.5 Å². The summed E-state index contributed by atoms with van der Waals surface area (Å²) in [4.78, 5) is 11.9. The van der Waals surface area contributed by atoms with Crippen LogP contribution in [-0.4, -0.2) is 50.7 Å². The molecule has 0 saturated carbocycles. The van der Waals surface area contributed by atoms with Gasteiger partial charge in [0.1, 0.15) is 5.75 Å². The van der Waals surface area contributed by atoms with Gasteiger partial charge in [-0.05, 0) is 39.3 Å². The van der Waals surface area contributed by atoms with Gasteiger partial charge in [-0.1, -0.05) is 12.1 Å². The van der Waals surface area contributed by atoms with Gasteiger partial charge in [-0.3, -0.25) is 0 Å². The van der Waals surface area contributed by atoms with E-state index in [2.05, 4.69) is 10.6 Å². The fraction of sp³-hybridized carbons (Fsp3) is 0.562. The van der Waals surface area contributed by atoms with Crippen LogP contribution < -0.4 is 15.4 Å². The molecule has 2 N–H and O–H groups in total. The Balaban J connectivity index is 2.43. The molecule has 0 saturated heterocycles. The Labute approximate surface area is 144 Å². The van der Waals surface area contributed by atoms with Gasteiger partial charge in [0.15, 0.2) is 0 Å². The Kier molecular flexibility index (Phi) is 8.00. The maximum absolute atomic E-state index is 11.9. The van der Waals surface area contributed by atoms with Gasteiger partial charge in [0, 0.05) is 20.1 Å². The molecule has 0 radical (unpaired) electrons. The van der Waals surface area contributed by atoms with Crippen molar-refractivity contribution in [3.8, 4) is 5.75 Å². The number of nitrogens with zero attached hydrogens (tertiary/aromatic N) is 1. The number of benzene rings is 1. The van der Waals surface area contributed by atoms with E-state index in [-0.39, 0.29) is 17.9 Å². The molecule has 0 atom stereocenters. The van der Waals surface area contributed by atoms with Crippen LogP contribution in [0.2, 0.25) is 0 Å². The molecule has 1 aromatic rings. The molecule has 0 fully saturated rings. The molecule has 0 unspecified atom stereocenters. The van der Waals surface area contributed by atoms with Crippen molar-refractivity contribution in [3.05, 3.63) is 24.3 Å². The number of para-hydroxylation sites is 2. The summed E-state index contributed by atoms with van der Waals surface area (Å²) in [6, 6.07) is 6.85. The fourth-order valence-electron chi connectivity index (χ4n) is 1.96. The van der Waals surface area contributed by atoms with Crippen LogP contribution in [0.1, 0.15) is 27.2 Å². The van der Waals surface area contributed by atoms with E-state index in [1.165, 1.54) is 4.31 Å². The maximum Gasteiger partial charge on any atom is 0.319 e. The zero-order valence-corrected chi connectivity index (χ0v) is 15.5. The number of rotatable bonds is 9. The number of hydrogen-bond acceptors (Lipinski definition) is 4. The lowest BCUT2D eigenvalue weighted by Crippen LogP contribution is -2.34. The molecule has 136 valence electrons. The summed E-state index contributed by atoms with van der Waals surface area (Å²) in [6.45, 7) is 6.18. The summed E-state index contributed by atoms with van der Waals surface area (Å²) < 4.78 is 30.2. The fourth-order valence-corrected chi connectivity index (χ4v) is 2.80. The minimum absolute atomic E-state index is 0.00654. The molecule has 2 amide bonds. The summed E-state index contributed by atoms with van der Waals surface area (Å²) >= 11 is 0. The molecule has 0 aromatic heterocycles. The van der Waals surface area contributed by atoms with E-state index in [1.54, 1.807) is 26.1 Å². The summed E-state index contributed by atoms with van der Waals surface area (Å²) in [5, 5.41) is 5.45. The molecule has 0 aliphatic carbocycles. The molecule has 1 rings (SSSR count). The van der Waals surface area contributed by atoms with Gasteiger partial charge in [0.2, 0.25) is 10.0 Å². The highest BCUT2D eigenvalue weighted by Crippen LogP contribution is 2.24. The monoisotopic (exact) mass is 357 g/mol. The lowest BCUT2D eigenvalue weighted by atomic mass is 10.3. The van der Waals surface area contributed by atoms with Gasteiger partial charge < -0.3 is 15.4 Å². The summed E-state index contributed by atoms with van der Waals surface area (Å²) in [5.74, 6) is 0.681. The first-order chi connectivity index (χ1) is 11.3. The number of sulfonamides is 1. The van der Waals surface area contributed by atoms with Gasteiger partial charge >= 0.3 is 6.03 Å². The van der Waals surface area contributed by atoms with E-state index in [0.717, 1.165) is 0 Å². The molecule has 8 heteroatoms. The van der Waals surface area contributed by atoms with E-state index in [4.69, 9.17) is 4.74 Å². The number of carbonyl (C=O) groups is 1. The molecule has 0 heterocycles. The van der Waals surface area contributed by atoms with E-state index in [0.29, 0.717) is 30.9 Å². The summed E-state index contributed by atoms with van der Waals surface area (Å²) in [5.41, 5.74) is 0.592. The largest absolute Gasteiger partial charge is 0.489 e. The zero-order chi connectivity index (χ0) is 18.2. The van der Waals surface area contributed by atoms with E-state index in [1.807, 2.05) is 26.0 Å². The van der Waals surface area contributed by atoms with Crippen LogP contribution >= 0.6 is 0 Å². The van der Waals surface area contributed by atoms with Crippen molar-refractivity contribution in [2.45, 2.75) is 33.3 Å². The number of urea groups is 1. The van der Waals surface area contributed by atoms with Crippen molar-refractivity contribution in [2.75, 3.05) is 31.2 Å². The van der Waals surface area contributed by atoms with Crippen molar-refractivity contribution in [1.29, 1.82) is 0 Å². The first-order valence-corrected chi connectivity index (χ1v) is 9.61. The van der Waals surface area contributed by atoms with Crippen LogP contribution in [0.3, 0.4) is 0 Å². The zero-order valence-electron chi connectivity index (χ0n) is 14.7. The predicted octanol–water partition coefficient (Wildman–Crippen LogP) is 2.27. The Morgan fingerprint density at radius 2 is 1.96 bits per heavy atom. The Morgan fingerprint density at radius 3 is 2.58 bits per heavy atom. The highest BCUT2D eigenvalue weighted by molar-refractivity contribution is 7.89. The van der Waals surface area contributed by atoms with Gasteiger partial charge in [-0.15, -0.1) is 0 Å². The topological polar surface area (TPSA) is 87.7 Å². The average Bonchev–Trinajstić information content (AvgIpc) is 2.52. The first kappa shape index (κ1) is 20.2. The highest BCUT2D eigenvalue weighted by atomic mass is 32.2. The third kappa shape index (κ3) is 6.76. The lowest BCUT2D eigenvalue weighted by molar-refractivity contribution is 0.241. The predicted molar refractivity (Wildman–Crippen MR) is 95.9 cm³/mol. The van der Waals surface area contributed by atoms with Crippen molar-refractivity contribution < 1.29 is 17.9 Å². The van der Waals surface area contributed by atoms with Gasteiger partial charge in [0.25, 0.3) is 0 Å². The third-order valence-electron chi connectivity index (χ3n) is 3.27. The number of anilines is 1. The highest BCUT2D eigenvalue weighted by Gasteiger charge is 2.14. The molecule has 0 aliphatic rings. The van der Waals surface area contributed by atoms with Crippen LogP contribution in [0.15, 0.2) is 24.3 Å². The molecular weight excluding hydrogens is 330 g/mol. The normalized spacial score (nSPS) is 11.6. The smallest absolute Gasteiger partial charge is 0.319 e. The van der Waals surface area contributed by atoms with E-state index in [9.17, 15) is 13.2 Å². The van der Waals surface area contributed by atoms with Crippen LogP contribution in [-0.2, 0) is 10.0 Å². The van der Waals surface area contributed by atoms with Crippen LogP contribution in [0.25, 0.3) is 0 Å². The quantitative estimate of drug-likeness (QED) is 0.664. The average molecular weight is 357 g/mol. The van der Waals surface area contributed by atoms with E-state index >= 15 is 0 Å². The molecule has 1 aromatic carbocycles. The number of ether oxygens (including phenoxy) is 1. The number of nitrogens with one attached hydrogen (secondary N) is 2. The van der Waals surface area contributed by atoms with Gasteiger partial charge in [-0.25, -0.2) is 17.5 Å².